The minimum absolute atomic E-state index is 0.0526. The van der Waals surface area contributed by atoms with Gasteiger partial charge in [-0.3, -0.25) is 4.79 Å². The third-order valence-corrected chi connectivity index (χ3v) is 2.78. The van der Waals surface area contributed by atoms with Crippen LogP contribution in [0, 0.1) is 0 Å². The Morgan fingerprint density at radius 3 is 2.31 bits per heavy atom. The van der Waals surface area contributed by atoms with Crippen molar-refractivity contribution < 1.29 is 4.79 Å². The molecule has 1 aromatic carbocycles. The van der Waals surface area contributed by atoms with Crippen LogP contribution in [0.25, 0.3) is 0 Å². The molecule has 0 bridgehead atoms. The molecule has 1 rings (SSSR count). The lowest BCUT2D eigenvalue weighted by atomic mass is 9.98. The van der Waals surface area contributed by atoms with E-state index < -0.39 is 0 Å². The summed E-state index contributed by atoms with van der Waals surface area (Å²) in [6.45, 7) is 4.35. The molecule has 0 saturated carbocycles. The largest absolute Gasteiger partial charge is 0.281 e. The van der Waals surface area contributed by atoms with Crippen molar-refractivity contribution >= 4 is 20.6 Å². The Kier molecular flexibility index (Phi) is 3.67. The third kappa shape index (κ3) is 2.66. The number of carbonyl (C=O) groups is 1. The molecule has 1 atom stereocenters. The van der Waals surface area contributed by atoms with Crippen molar-refractivity contribution in [2.24, 2.45) is 0 Å². The lowest BCUT2D eigenvalue weighted by Crippen LogP contribution is -1.93. The normalized spacial score (nSPS) is 12.5. The first-order valence-corrected chi connectivity index (χ1v) is 5.24. The van der Waals surface area contributed by atoms with Gasteiger partial charge in [0.25, 0.3) is 0 Å². The first-order valence-electron chi connectivity index (χ1n) is 4.45. The zero-order valence-corrected chi connectivity index (χ0v) is 9.47. The zero-order chi connectivity index (χ0) is 9.84. The predicted molar refractivity (Wildman–Crippen MR) is 58.4 cm³/mol. The molecule has 1 unspecified atom stereocenters. The van der Waals surface area contributed by atoms with Gasteiger partial charge in [-0.2, -0.15) is 0 Å². The average molecular weight is 241 g/mol. The number of carbonyl (C=O) groups excluding carboxylic acids is 1. The van der Waals surface area contributed by atoms with Crippen LogP contribution in [0.1, 0.15) is 42.1 Å². The summed E-state index contributed by atoms with van der Waals surface area (Å²) in [6.07, 6.45) is 1.13. The van der Waals surface area contributed by atoms with Crippen molar-refractivity contribution in [3.8, 4) is 0 Å². The van der Waals surface area contributed by atoms with E-state index in [0.717, 1.165) is 6.42 Å². The molecular formula is C11H13BrO. The fourth-order valence-electron chi connectivity index (χ4n) is 1.18. The second kappa shape index (κ2) is 4.56. The molecule has 0 radical (unpaired) electrons. The predicted octanol–water partition coefficient (Wildman–Crippen LogP) is 3.74. The maximum absolute atomic E-state index is 10.9. The molecule has 0 aliphatic rings. The van der Waals surface area contributed by atoms with Crippen molar-refractivity contribution in [1.29, 1.82) is 0 Å². The van der Waals surface area contributed by atoms with Gasteiger partial charge in [0.05, 0.1) is 0 Å². The maximum atomic E-state index is 10.9. The average Bonchev–Trinajstić information content (AvgIpc) is 2.17. The van der Waals surface area contributed by atoms with Crippen LogP contribution in [0.3, 0.4) is 0 Å². The van der Waals surface area contributed by atoms with Crippen LogP contribution in [-0.2, 0) is 0 Å². The Morgan fingerprint density at radius 2 is 1.92 bits per heavy atom. The fraction of sp³-hybridized carbons (Fsp3) is 0.364. The minimum atomic E-state index is -0.0526. The highest BCUT2D eigenvalue weighted by molar-refractivity contribution is 9.18. The van der Waals surface area contributed by atoms with E-state index in [0.29, 0.717) is 11.5 Å². The standard InChI is InChI=1S/C11H13BrO/c1-3-8(2)9-4-6-10(7-5-9)11(12)13/h4-8H,3H2,1-2H3. The monoisotopic (exact) mass is 240 g/mol. The quantitative estimate of drug-likeness (QED) is 0.737. The second-order valence-electron chi connectivity index (χ2n) is 3.21. The molecule has 0 aliphatic heterocycles. The van der Waals surface area contributed by atoms with Crippen LogP contribution in [0.5, 0.6) is 0 Å². The van der Waals surface area contributed by atoms with Gasteiger partial charge in [0, 0.05) is 5.56 Å². The molecule has 1 aromatic rings. The van der Waals surface area contributed by atoms with Crippen molar-refractivity contribution in [3.63, 3.8) is 0 Å². The van der Waals surface area contributed by atoms with Crippen LogP contribution >= 0.6 is 15.9 Å². The molecule has 0 aliphatic carbocycles. The Labute approximate surface area is 87.3 Å². The summed E-state index contributed by atoms with van der Waals surface area (Å²) < 4.78 is -0.0526. The Hall–Kier alpha value is -0.630. The molecule has 0 aromatic heterocycles. The topological polar surface area (TPSA) is 17.1 Å². The molecule has 0 saturated heterocycles. The number of rotatable bonds is 3. The molecule has 1 nitrogen and oxygen atoms in total. The van der Waals surface area contributed by atoms with E-state index in [-0.39, 0.29) is 4.69 Å². The van der Waals surface area contributed by atoms with Crippen LogP contribution in [0.4, 0.5) is 0 Å². The summed E-state index contributed by atoms with van der Waals surface area (Å²) in [5.41, 5.74) is 2.01. The number of hydrogen-bond acceptors (Lipinski definition) is 1. The number of halogens is 1. The summed E-state index contributed by atoms with van der Waals surface area (Å²) in [7, 11) is 0. The third-order valence-electron chi connectivity index (χ3n) is 2.32. The SMILES string of the molecule is CCC(C)c1ccc(C(=O)Br)cc1. The first-order chi connectivity index (χ1) is 6.15. The van der Waals surface area contributed by atoms with E-state index in [4.69, 9.17) is 0 Å². The van der Waals surface area contributed by atoms with Crippen molar-refractivity contribution in [1.82, 2.24) is 0 Å². The molecular weight excluding hydrogens is 228 g/mol. The van der Waals surface area contributed by atoms with Crippen LogP contribution < -0.4 is 0 Å². The van der Waals surface area contributed by atoms with E-state index in [2.05, 4.69) is 29.8 Å². The molecule has 0 heterocycles. The summed E-state index contributed by atoms with van der Waals surface area (Å²) >= 11 is 2.92. The summed E-state index contributed by atoms with van der Waals surface area (Å²) in [5.74, 6) is 0.569. The van der Waals surface area contributed by atoms with Crippen LogP contribution in [0.15, 0.2) is 24.3 Å². The van der Waals surface area contributed by atoms with Gasteiger partial charge in [0.15, 0.2) is 0 Å². The lowest BCUT2D eigenvalue weighted by molar-refractivity contribution is 0.109. The smallest absolute Gasteiger partial charge is 0.228 e. The van der Waals surface area contributed by atoms with E-state index in [1.54, 1.807) is 0 Å². The molecule has 0 fully saturated rings. The Bertz CT molecular complexity index is 289. The van der Waals surface area contributed by atoms with Gasteiger partial charge >= 0.3 is 0 Å². The van der Waals surface area contributed by atoms with E-state index >= 15 is 0 Å². The first kappa shape index (κ1) is 10.5. The van der Waals surface area contributed by atoms with Crippen LogP contribution in [-0.4, -0.2) is 4.69 Å². The van der Waals surface area contributed by atoms with Gasteiger partial charge in [-0.15, -0.1) is 0 Å². The van der Waals surface area contributed by atoms with Crippen molar-refractivity contribution in [3.05, 3.63) is 35.4 Å². The van der Waals surface area contributed by atoms with E-state index in [1.807, 2.05) is 24.3 Å². The van der Waals surface area contributed by atoms with Gasteiger partial charge in [0.1, 0.15) is 0 Å². The highest BCUT2D eigenvalue weighted by Gasteiger charge is 2.04. The van der Waals surface area contributed by atoms with Gasteiger partial charge in [-0.25, -0.2) is 0 Å². The highest BCUT2D eigenvalue weighted by atomic mass is 79.9. The Balaban J connectivity index is 2.87. The number of hydrogen-bond donors (Lipinski definition) is 0. The molecule has 2 heteroatoms. The maximum Gasteiger partial charge on any atom is 0.228 e. The van der Waals surface area contributed by atoms with Gasteiger partial charge in [-0.1, -0.05) is 38.1 Å². The molecule has 13 heavy (non-hydrogen) atoms. The van der Waals surface area contributed by atoms with E-state index in [9.17, 15) is 4.79 Å². The van der Waals surface area contributed by atoms with Crippen LogP contribution in [0.2, 0.25) is 0 Å². The Morgan fingerprint density at radius 1 is 1.38 bits per heavy atom. The molecule has 0 spiro atoms. The second-order valence-corrected chi connectivity index (χ2v) is 3.93. The fourth-order valence-corrected chi connectivity index (χ4v) is 1.44. The summed E-state index contributed by atoms with van der Waals surface area (Å²) in [6, 6.07) is 7.75. The van der Waals surface area contributed by atoms with Crippen molar-refractivity contribution in [2.75, 3.05) is 0 Å². The molecule has 0 N–H and O–H groups in total. The minimum Gasteiger partial charge on any atom is -0.281 e. The van der Waals surface area contributed by atoms with E-state index in [1.165, 1.54) is 5.56 Å². The molecule has 70 valence electrons. The summed E-state index contributed by atoms with van der Waals surface area (Å²) in [4.78, 5) is 10.9. The summed E-state index contributed by atoms with van der Waals surface area (Å²) in [5, 5.41) is 0. The van der Waals surface area contributed by atoms with Gasteiger partial charge < -0.3 is 0 Å². The highest BCUT2D eigenvalue weighted by Crippen LogP contribution is 2.19. The lowest BCUT2D eigenvalue weighted by Gasteiger charge is -2.08. The number of benzene rings is 1. The van der Waals surface area contributed by atoms with Gasteiger partial charge in [-0.05, 0) is 33.8 Å². The zero-order valence-electron chi connectivity index (χ0n) is 7.88. The van der Waals surface area contributed by atoms with Crippen molar-refractivity contribution in [2.45, 2.75) is 26.2 Å². The molecule has 0 amide bonds. The van der Waals surface area contributed by atoms with Gasteiger partial charge in [0.2, 0.25) is 4.69 Å².